The van der Waals surface area contributed by atoms with Crippen LogP contribution < -0.4 is 16.3 Å². The number of anilines is 2. The molecule has 3 aromatic rings. The van der Waals surface area contributed by atoms with Gasteiger partial charge in [0.05, 0.1) is 0 Å². The number of hydrogen-bond acceptors (Lipinski definition) is 5. The van der Waals surface area contributed by atoms with Gasteiger partial charge in [0.15, 0.2) is 5.65 Å². The molecular weight excluding hydrogens is 292 g/mol. The van der Waals surface area contributed by atoms with Gasteiger partial charge in [0.25, 0.3) is 0 Å². The van der Waals surface area contributed by atoms with Crippen molar-refractivity contribution in [1.29, 1.82) is 0 Å². The molecule has 2 heterocycles. The number of benzene rings is 1. The van der Waals surface area contributed by atoms with E-state index in [0.717, 1.165) is 5.56 Å². The van der Waals surface area contributed by atoms with Gasteiger partial charge in [-0.1, -0.05) is 11.6 Å². The van der Waals surface area contributed by atoms with Gasteiger partial charge in [-0.2, -0.15) is 5.10 Å². The van der Waals surface area contributed by atoms with Crippen molar-refractivity contribution in [3.8, 4) is 0 Å². The van der Waals surface area contributed by atoms with Crippen molar-refractivity contribution in [1.82, 2.24) is 19.6 Å². The molecule has 0 saturated carbocycles. The van der Waals surface area contributed by atoms with Crippen LogP contribution in [0.5, 0.6) is 0 Å². The van der Waals surface area contributed by atoms with E-state index in [0.29, 0.717) is 28.7 Å². The Labute approximate surface area is 125 Å². The molecule has 3 rings (SSSR count). The minimum atomic E-state index is -0.314. The van der Waals surface area contributed by atoms with Crippen LogP contribution in [0.1, 0.15) is 5.56 Å². The third kappa shape index (κ3) is 2.55. The molecule has 0 radical (unpaired) electrons. The minimum absolute atomic E-state index is 0.314. The second-order valence-electron chi connectivity index (χ2n) is 4.71. The summed E-state index contributed by atoms with van der Waals surface area (Å²) >= 11 is 6.16. The Morgan fingerprint density at radius 3 is 3.05 bits per heavy atom. The van der Waals surface area contributed by atoms with Crippen LogP contribution >= 0.6 is 11.6 Å². The molecule has 0 amide bonds. The van der Waals surface area contributed by atoms with Gasteiger partial charge in [-0.25, -0.2) is 19.3 Å². The zero-order valence-corrected chi connectivity index (χ0v) is 12.0. The van der Waals surface area contributed by atoms with Gasteiger partial charge >= 0.3 is 5.69 Å². The Hall–Kier alpha value is -2.54. The number of nitrogens with one attached hydrogen (secondary N) is 1. The molecule has 21 heavy (non-hydrogen) atoms. The van der Waals surface area contributed by atoms with Crippen LogP contribution in [0.25, 0.3) is 5.65 Å². The largest absolute Gasteiger partial charge is 0.399 e. The number of halogens is 1. The Balaban J connectivity index is 1.91. The van der Waals surface area contributed by atoms with E-state index in [1.165, 1.54) is 10.7 Å². The van der Waals surface area contributed by atoms with E-state index in [1.807, 2.05) is 18.0 Å². The lowest BCUT2D eigenvalue weighted by Gasteiger charge is -2.19. The van der Waals surface area contributed by atoms with Gasteiger partial charge in [-0.3, -0.25) is 0 Å². The lowest BCUT2D eigenvalue weighted by atomic mass is 10.2. The zero-order chi connectivity index (χ0) is 15.0. The fourth-order valence-electron chi connectivity index (χ4n) is 2.06. The molecule has 8 heteroatoms. The van der Waals surface area contributed by atoms with Crippen LogP contribution in [0.3, 0.4) is 0 Å². The molecule has 0 unspecified atom stereocenters. The van der Waals surface area contributed by atoms with Gasteiger partial charge in [-0.15, -0.1) is 0 Å². The first kappa shape index (κ1) is 13.4. The van der Waals surface area contributed by atoms with E-state index in [1.54, 1.807) is 18.2 Å². The van der Waals surface area contributed by atoms with Crippen molar-refractivity contribution in [3.63, 3.8) is 0 Å². The summed E-state index contributed by atoms with van der Waals surface area (Å²) in [6.45, 7) is 0.543. The second kappa shape index (κ2) is 5.10. The van der Waals surface area contributed by atoms with Crippen molar-refractivity contribution in [2.24, 2.45) is 0 Å². The van der Waals surface area contributed by atoms with Crippen LogP contribution in [0.2, 0.25) is 5.02 Å². The van der Waals surface area contributed by atoms with Gasteiger partial charge in [0.2, 0.25) is 0 Å². The maximum Gasteiger partial charge on any atom is 0.348 e. The molecule has 3 N–H and O–H groups in total. The van der Waals surface area contributed by atoms with Gasteiger partial charge in [0, 0.05) is 30.4 Å². The summed E-state index contributed by atoms with van der Waals surface area (Å²) in [5.41, 5.74) is 7.53. The van der Waals surface area contributed by atoms with E-state index in [2.05, 4.69) is 15.2 Å². The summed E-state index contributed by atoms with van der Waals surface area (Å²) in [5.74, 6) is 0.681. The number of rotatable bonds is 3. The number of hydrogen-bond donors (Lipinski definition) is 2. The first-order chi connectivity index (χ1) is 10.0. The first-order valence-corrected chi connectivity index (χ1v) is 6.60. The molecule has 1 aromatic carbocycles. The Morgan fingerprint density at radius 1 is 1.43 bits per heavy atom. The standard InChI is InChI=1S/C13H13ClN6O/c1-19(6-8-4-9(15)2-3-10(8)14)11-5-12-17-18-13(21)20(12)7-16-11/h2-5,7H,6,15H2,1H3,(H,18,21). The average molecular weight is 305 g/mol. The number of nitrogens with two attached hydrogens (primary N) is 1. The quantitative estimate of drug-likeness (QED) is 0.711. The van der Waals surface area contributed by atoms with E-state index >= 15 is 0 Å². The maximum atomic E-state index is 11.4. The highest BCUT2D eigenvalue weighted by Gasteiger charge is 2.09. The van der Waals surface area contributed by atoms with Gasteiger partial charge in [-0.05, 0) is 23.8 Å². The van der Waals surface area contributed by atoms with E-state index in [-0.39, 0.29) is 5.69 Å². The lowest BCUT2D eigenvalue weighted by molar-refractivity contribution is 0.885. The number of fused-ring (bicyclic) bond motifs is 1. The third-order valence-corrected chi connectivity index (χ3v) is 3.53. The lowest BCUT2D eigenvalue weighted by Crippen LogP contribution is -2.19. The molecule has 0 bridgehead atoms. The Kier molecular flexibility index (Phi) is 3.26. The molecule has 0 aliphatic rings. The van der Waals surface area contributed by atoms with Crippen LogP contribution in [-0.4, -0.2) is 26.6 Å². The van der Waals surface area contributed by atoms with Crippen molar-refractivity contribution in [2.75, 3.05) is 17.7 Å². The molecule has 7 nitrogen and oxygen atoms in total. The van der Waals surface area contributed by atoms with Crippen molar-refractivity contribution >= 4 is 28.8 Å². The molecule has 0 atom stereocenters. The van der Waals surface area contributed by atoms with Crippen LogP contribution in [0.15, 0.2) is 35.4 Å². The van der Waals surface area contributed by atoms with E-state index < -0.39 is 0 Å². The summed E-state index contributed by atoms with van der Waals surface area (Å²) in [6.07, 6.45) is 1.44. The number of aromatic amines is 1. The molecule has 108 valence electrons. The summed E-state index contributed by atoms with van der Waals surface area (Å²) < 4.78 is 1.34. The van der Waals surface area contributed by atoms with Crippen LogP contribution in [0, 0.1) is 0 Å². The number of aromatic nitrogens is 4. The van der Waals surface area contributed by atoms with Crippen molar-refractivity contribution < 1.29 is 0 Å². The topological polar surface area (TPSA) is 92.3 Å². The number of H-pyrrole nitrogens is 1. The molecule has 0 fully saturated rings. The summed E-state index contributed by atoms with van der Waals surface area (Å²) in [7, 11) is 1.88. The summed E-state index contributed by atoms with van der Waals surface area (Å²) in [4.78, 5) is 17.5. The number of nitrogens with zero attached hydrogens (tertiary/aromatic N) is 4. The molecule has 0 aliphatic carbocycles. The smallest absolute Gasteiger partial charge is 0.348 e. The highest BCUT2D eigenvalue weighted by molar-refractivity contribution is 6.31. The summed E-state index contributed by atoms with van der Waals surface area (Å²) in [5, 5.41) is 6.93. The predicted octanol–water partition coefficient (Wildman–Crippen LogP) is 1.29. The normalized spacial score (nSPS) is 11.0. The molecule has 0 spiro atoms. The zero-order valence-electron chi connectivity index (χ0n) is 11.2. The molecule has 0 saturated heterocycles. The Bertz CT molecular complexity index is 855. The van der Waals surface area contributed by atoms with Crippen molar-refractivity contribution in [3.05, 3.63) is 51.7 Å². The van der Waals surface area contributed by atoms with Crippen LogP contribution in [-0.2, 0) is 6.54 Å². The average Bonchev–Trinajstić information content (AvgIpc) is 2.84. The maximum absolute atomic E-state index is 11.4. The Morgan fingerprint density at radius 2 is 2.24 bits per heavy atom. The first-order valence-electron chi connectivity index (χ1n) is 6.22. The second-order valence-corrected chi connectivity index (χ2v) is 5.12. The van der Waals surface area contributed by atoms with Crippen molar-refractivity contribution in [2.45, 2.75) is 6.54 Å². The minimum Gasteiger partial charge on any atom is -0.399 e. The third-order valence-electron chi connectivity index (χ3n) is 3.16. The van der Waals surface area contributed by atoms with Gasteiger partial charge < -0.3 is 10.6 Å². The van der Waals surface area contributed by atoms with Gasteiger partial charge in [0.1, 0.15) is 12.1 Å². The monoisotopic (exact) mass is 304 g/mol. The predicted molar refractivity (Wildman–Crippen MR) is 81.6 cm³/mol. The van der Waals surface area contributed by atoms with Crippen LogP contribution in [0.4, 0.5) is 11.5 Å². The summed E-state index contributed by atoms with van der Waals surface area (Å²) in [6, 6.07) is 7.07. The van der Waals surface area contributed by atoms with E-state index in [9.17, 15) is 4.79 Å². The molecular formula is C13H13ClN6O. The van der Waals surface area contributed by atoms with E-state index in [4.69, 9.17) is 17.3 Å². The highest BCUT2D eigenvalue weighted by Crippen LogP contribution is 2.22. The molecule has 2 aromatic heterocycles. The SMILES string of the molecule is CN(Cc1cc(N)ccc1Cl)c1cc2n[nH]c(=O)n2cn1. The fourth-order valence-corrected chi connectivity index (χ4v) is 2.24. The fraction of sp³-hybridized carbons (Fsp3) is 0.154. The molecule has 0 aliphatic heterocycles. The number of nitrogen functional groups attached to an aromatic ring is 1. The highest BCUT2D eigenvalue weighted by atomic mass is 35.5.